The van der Waals surface area contributed by atoms with E-state index in [1.165, 1.54) is 6.33 Å². The van der Waals surface area contributed by atoms with Crippen LogP contribution in [0.15, 0.2) is 30.6 Å². The number of hydrogen-bond donors (Lipinski definition) is 3. The average molecular weight is 245 g/mol. The van der Waals surface area contributed by atoms with Gasteiger partial charge in [0.2, 0.25) is 5.82 Å². The zero-order valence-electron chi connectivity index (χ0n) is 9.60. The van der Waals surface area contributed by atoms with Gasteiger partial charge in [0.25, 0.3) is 11.8 Å². The molecule has 1 aromatic carbocycles. The molecule has 0 saturated heterocycles. The average Bonchev–Trinajstić information content (AvgIpc) is 2.92. The number of aromatic nitrogens is 3. The zero-order valence-corrected chi connectivity index (χ0v) is 9.60. The number of hydrogen-bond acceptors (Lipinski definition) is 4. The van der Waals surface area contributed by atoms with Crippen molar-refractivity contribution in [3.05, 3.63) is 42.0 Å². The van der Waals surface area contributed by atoms with Gasteiger partial charge in [-0.2, -0.15) is 5.10 Å². The zero-order chi connectivity index (χ0) is 13.0. The Morgan fingerprint density at radius 1 is 1.28 bits per heavy atom. The van der Waals surface area contributed by atoms with E-state index in [4.69, 9.17) is 0 Å². The van der Waals surface area contributed by atoms with Gasteiger partial charge in [0.05, 0.1) is 0 Å². The largest absolute Gasteiger partial charge is 0.355 e. The van der Waals surface area contributed by atoms with E-state index in [0.717, 1.165) is 0 Å². The summed E-state index contributed by atoms with van der Waals surface area (Å²) in [7, 11) is 1.54. The van der Waals surface area contributed by atoms with Gasteiger partial charge < -0.3 is 10.6 Å². The molecular formula is C11H11N5O2. The van der Waals surface area contributed by atoms with Crippen LogP contribution in [0.1, 0.15) is 21.0 Å². The number of nitrogens with zero attached hydrogens (tertiary/aromatic N) is 2. The van der Waals surface area contributed by atoms with Gasteiger partial charge in [-0.05, 0) is 18.2 Å². The molecule has 0 atom stereocenters. The second-order valence-corrected chi connectivity index (χ2v) is 3.45. The first-order valence-electron chi connectivity index (χ1n) is 5.19. The summed E-state index contributed by atoms with van der Waals surface area (Å²) < 4.78 is 0. The highest BCUT2D eigenvalue weighted by Gasteiger charge is 2.10. The first kappa shape index (κ1) is 11.8. The first-order chi connectivity index (χ1) is 8.70. The molecule has 0 radical (unpaired) electrons. The molecule has 7 heteroatoms. The van der Waals surface area contributed by atoms with Crippen LogP contribution in [0, 0.1) is 0 Å². The van der Waals surface area contributed by atoms with Crippen molar-refractivity contribution in [3.63, 3.8) is 0 Å². The van der Waals surface area contributed by atoms with Crippen LogP contribution in [0.5, 0.6) is 0 Å². The van der Waals surface area contributed by atoms with Crippen LogP contribution in [-0.4, -0.2) is 34.0 Å². The summed E-state index contributed by atoms with van der Waals surface area (Å²) in [6.45, 7) is 0. The fourth-order valence-corrected chi connectivity index (χ4v) is 1.39. The van der Waals surface area contributed by atoms with Crippen molar-refractivity contribution >= 4 is 17.5 Å². The lowest BCUT2D eigenvalue weighted by molar-refractivity contribution is 0.0961. The molecular weight excluding hydrogens is 234 g/mol. The maximum Gasteiger partial charge on any atom is 0.292 e. The second kappa shape index (κ2) is 5.09. The molecule has 92 valence electrons. The first-order valence-corrected chi connectivity index (χ1v) is 5.19. The van der Waals surface area contributed by atoms with Crippen molar-refractivity contribution in [3.8, 4) is 0 Å². The third kappa shape index (κ3) is 2.51. The predicted molar refractivity (Wildman–Crippen MR) is 64.2 cm³/mol. The molecule has 3 N–H and O–H groups in total. The molecule has 2 aromatic rings. The van der Waals surface area contributed by atoms with Gasteiger partial charge in [-0.3, -0.25) is 14.7 Å². The van der Waals surface area contributed by atoms with Crippen LogP contribution in [0.3, 0.4) is 0 Å². The minimum atomic E-state index is -0.415. The Morgan fingerprint density at radius 2 is 2.11 bits per heavy atom. The van der Waals surface area contributed by atoms with Crippen LogP contribution in [-0.2, 0) is 0 Å². The second-order valence-electron chi connectivity index (χ2n) is 3.45. The molecule has 1 aromatic heterocycles. The lowest BCUT2D eigenvalue weighted by Crippen LogP contribution is -2.18. The molecule has 2 rings (SSSR count). The topological polar surface area (TPSA) is 99.8 Å². The van der Waals surface area contributed by atoms with Gasteiger partial charge in [-0.1, -0.05) is 6.07 Å². The minimum Gasteiger partial charge on any atom is -0.355 e. The van der Waals surface area contributed by atoms with Crippen molar-refractivity contribution < 1.29 is 9.59 Å². The normalized spacial score (nSPS) is 9.83. The van der Waals surface area contributed by atoms with Crippen molar-refractivity contribution in [2.75, 3.05) is 12.4 Å². The highest BCUT2D eigenvalue weighted by molar-refractivity contribution is 6.02. The van der Waals surface area contributed by atoms with Gasteiger partial charge in [0.15, 0.2) is 0 Å². The van der Waals surface area contributed by atoms with E-state index in [9.17, 15) is 9.59 Å². The Kier molecular flexibility index (Phi) is 3.33. The Balaban J connectivity index is 2.15. The Bertz CT molecular complexity index is 565. The van der Waals surface area contributed by atoms with Gasteiger partial charge in [-0.15, -0.1) is 0 Å². The predicted octanol–water partition coefficient (Wildman–Crippen LogP) is 0.417. The molecule has 0 bridgehead atoms. The number of carbonyl (C=O) groups excluding carboxylic acids is 2. The molecule has 2 amide bonds. The van der Waals surface area contributed by atoms with Crippen molar-refractivity contribution in [2.45, 2.75) is 0 Å². The number of anilines is 1. The smallest absolute Gasteiger partial charge is 0.292 e. The van der Waals surface area contributed by atoms with Crippen LogP contribution in [0.2, 0.25) is 0 Å². The Labute approximate surface area is 103 Å². The van der Waals surface area contributed by atoms with Crippen LogP contribution < -0.4 is 10.6 Å². The number of carbonyl (C=O) groups is 2. The molecule has 1 heterocycles. The molecule has 7 nitrogen and oxygen atoms in total. The van der Waals surface area contributed by atoms with Gasteiger partial charge in [0.1, 0.15) is 6.33 Å². The summed E-state index contributed by atoms with van der Waals surface area (Å²) in [5.41, 5.74) is 0.977. The van der Waals surface area contributed by atoms with E-state index in [2.05, 4.69) is 25.8 Å². The third-order valence-corrected chi connectivity index (χ3v) is 2.24. The fourth-order valence-electron chi connectivity index (χ4n) is 1.39. The molecule has 0 aliphatic rings. The van der Waals surface area contributed by atoms with Crippen molar-refractivity contribution in [1.29, 1.82) is 0 Å². The fraction of sp³-hybridized carbons (Fsp3) is 0.0909. The van der Waals surface area contributed by atoms with Gasteiger partial charge >= 0.3 is 0 Å². The van der Waals surface area contributed by atoms with Crippen LogP contribution in [0.4, 0.5) is 5.69 Å². The molecule has 0 spiro atoms. The molecule has 18 heavy (non-hydrogen) atoms. The summed E-state index contributed by atoms with van der Waals surface area (Å²) >= 11 is 0. The van der Waals surface area contributed by atoms with Crippen molar-refractivity contribution in [2.24, 2.45) is 0 Å². The number of benzene rings is 1. The summed E-state index contributed by atoms with van der Waals surface area (Å²) in [5.74, 6) is -0.521. The minimum absolute atomic E-state index is 0.111. The highest BCUT2D eigenvalue weighted by atomic mass is 16.2. The van der Waals surface area contributed by atoms with E-state index in [0.29, 0.717) is 11.3 Å². The maximum absolute atomic E-state index is 11.7. The Hall–Kier alpha value is -2.70. The number of aromatic amines is 1. The summed E-state index contributed by atoms with van der Waals surface area (Å²) in [5, 5.41) is 11.2. The number of H-pyrrole nitrogens is 1. The summed E-state index contributed by atoms with van der Waals surface area (Å²) in [4.78, 5) is 26.8. The van der Waals surface area contributed by atoms with Crippen LogP contribution in [0.25, 0.3) is 0 Å². The number of nitrogens with one attached hydrogen (secondary N) is 3. The Morgan fingerprint density at radius 3 is 2.78 bits per heavy atom. The monoisotopic (exact) mass is 245 g/mol. The maximum atomic E-state index is 11.7. The van der Waals surface area contributed by atoms with Gasteiger partial charge in [0, 0.05) is 18.3 Å². The lowest BCUT2D eigenvalue weighted by Gasteiger charge is -2.05. The molecule has 0 aliphatic carbocycles. The summed E-state index contributed by atoms with van der Waals surface area (Å²) in [6, 6.07) is 6.59. The van der Waals surface area contributed by atoms with E-state index >= 15 is 0 Å². The van der Waals surface area contributed by atoms with Crippen LogP contribution >= 0.6 is 0 Å². The number of rotatable bonds is 3. The van der Waals surface area contributed by atoms with Crippen molar-refractivity contribution in [1.82, 2.24) is 20.5 Å². The lowest BCUT2D eigenvalue weighted by atomic mass is 10.2. The van der Waals surface area contributed by atoms with E-state index in [1.807, 2.05) is 0 Å². The third-order valence-electron chi connectivity index (χ3n) is 2.24. The van der Waals surface area contributed by atoms with Gasteiger partial charge in [-0.25, -0.2) is 4.98 Å². The molecule has 0 fully saturated rings. The standard InChI is InChI=1S/C11H11N5O2/c1-12-10(17)7-3-2-4-8(5-7)15-11(18)9-13-6-14-16-9/h2-6H,1H3,(H,12,17)(H,15,18)(H,13,14,16). The molecule has 0 aliphatic heterocycles. The summed E-state index contributed by atoms with van der Waals surface area (Å²) in [6.07, 6.45) is 1.25. The quantitative estimate of drug-likeness (QED) is 0.729. The van der Waals surface area contributed by atoms with E-state index in [-0.39, 0.29) is 11.7 Å². The number of amides is 2. The highest BCUT2D eigenvalue weighted by Crippen LogP contribution is 2.11. The molecule has 0 saturated carbocycles. The van der Waals surface area contributed by atoms with E-state index in [1.54, 1.807) is 31.3 Å². The van der Waals surface area contributed by atoms with E-state index < -0.39 is 5.91 Å². The SMILES string of the molecule is CNC(=O)c1cccc(NC(=O)c2ncn[nH]2)c1. The molecule has 0 unspecified atom stereocenters.